The van der Waals surface area contributed by atoms with Crippen molar-refractivity contribution in [2.75, 3.05) is 45.8 Å². The van der Waals surface area contributed by atoms with E-state index in [4.69, 9.17) is 0 Å². The summed E-state index contributed by atoms with van der Waals surface area (Å²) in [6.07, 6.45) is -1.80. The first kappa shape index (κ1) is 22.7. The van der Waals surface area contributed by atoms with Gasteiger partial charge >= 0.3 is 0 Å². The molecule has 1 amide bonds. The van der Waals surface area contributed by atoms with Crippen LogP contribution in [0.25, 0.3) is 0 Å². The molecule has 0 unspecified atom stereocenters. The van der Waals surface area contributed by atoms with Crippen molar-refractivity contribution in [3.63, 3.8) is 0 Å². The number of sulfonamides is 1. The monoisotopic (exact) mass is 417 g/mol. The highest BCUT2D eigenvalue weighted by molar-refractivity contribution is 7.89. The topological polar surface area (TPSA) is 60.9 Å². The van der Waals surface area contributed by atoms with Crippen LogP contribution in [0.5, 0.6) is 0 Å². The van der Waals surface area contributed by atoms with Gasteiger partial charge in [0.25, 0.3) is 6.43 Å². The van der Waals surface area contributed by atoms with Crippen LogP contribution in [0.1, 0.15) is 24.5 Å². The summed E-state index contributed by atoms with van der Waals surface area (Å²) in [5, 5.41) is 0. The number of rotatable bonds is 8. The summed E-state index contributed by atoms with van der Waals surface area (Å²) in [7, 11) is -3.61. The van der Waals surface area contributed by atoms with Gasteiger partial charge in [-0.1, -0.05) is 13.0 Å². The second-order valence-corrected chi connectivity index (χ2v) is 9.10. The van der Waals surface area contributed by atoms with Gasteiger partial charge < -0.3 is 4.90 Å². The quantitative estimate of drug-likeness (QED) is 0.650. The van der Waals surface area contributed by atoms with Crippen LogP contribution in [0.3, 0.4) is 0 Å². The molecule has 0 aromatic heterocycles. The van der Waals surface area contributed by atoms with E-state index in [0.717, 1.165) is 11.1 Å². The fourth-order valence-corrected chi connectivity index (χ4v) is 4.75. The summed E-state index contributed by atoms with van der Waals surface area (Å²) in [5.74, 6) is -0.239. The zero-order valence-corrected chi connectivity index (χ0v) is 17.5. The minimum atomic E-state index is -3.61. The second kappa shape index (κ2) is 9.76. The third kappa shape index (κ3) is 5.71. The molecule has 0 N–H and O–H groups in total. The maximum Gasteiger partial charge on any atom is 0.251 e. The molecule has 0 radical (unpaired) electrons. The third-order valence-electron chi connectivity index (χ3n) is 5.00. The van der Waals surface area contributed by atoms with Crippen molar-refractivity contribution < 1.29 is 22.0 Å². The molecule has 158 valence electrons. The minimum absolute atomic E-state index is 0.0674. The lowest BCUT2D eigenvalue weighted by Gasteiger charge is -2.35. The van der Waals surface area contributed by atoms with Gasteiger partial charge in [0.2, 0.25) is 15.9 Å². The van der Waals surface area contributed by atoms with Crippen molar-refractivity contribution in [1.82, 2.24) is 14.1 Å². The number of carbonyl (C=O) groups excluding carboxylic acids is 1. The first-order valence-electron chi connectivity index (χ1n) is 9.50. The Bertz CT molecular complexity index is 779. The van der Waals surface area contributed by atoms with Gasteiger partial charge in [-0.05, 0) is 50.1 Å². The van der Waals surface area contributed by atoms with Gasteiger partial charge in [-0.3, -0.25) is 9.69 Å². The number of hydrogen-bond acceptors (Lipinski definition) is 4. The van der Waals surface area contributed by atoms with Crippen molar-refractivity contribution in [3.05, 3.63) is 29.3 Å². The third-order valence-corrected chi connectivity index (χ3v) is 6.90. The van der Waals surface area contributed by atoms with E-state index >= 15 is 0 Å². The molecule has 0 saturated carbocycles. The van der Waals surface area contributed by atoms with Crippen molar-refractivity contribution in [3.8, 4) is 0 Å². The Morgan fingerprint density at radius 3 is 2.32 bits per heavy atom. The summed E-state index contributed by atoms with van der Waals surface area (Å²) in [6.45, 7) is 6.51. The van der Waals surface area contributed by atoms with Crippen LogP contribution < -0.4 is 0 Å². The number of nitrogens with zero attached hydrogens (tertiary/aromatic N) is 3. The van der Waals surface area contributed by atoms with Gasteiger partial charge in [-0.2, -0.15) is 4.31 Å². The van der Waals surface area contributed by atoms with Gasteiger partial charge in [0.05, 0.1) is 18.0 Å². The van der Waals surface area contributed by atoms with E-state index in [2.05, 4.69) is 0 Å². The summed E-state index contributed by atoms with van der Waals surface area (Å²) in [5.41, 5.74) is 1.93. The maximum atomic E-state index is 12.8. The summed E-state index contributed by atoms with van der Waals surface area (Å²) >= 11 is 0. The summed E-state index contributed by atoms with van der Waals surface area (Å²) in [4.78, 5) is 15.7. The molecule has 2 rings (SSSR count). The van der Waals surface area contributed by atoms with E-state index in [1.165, 1.54) is 9.21 Å². The molecule has 0 bridgehead atoms. The van der Waals surface area contributed by atoms with Crippen LogP contribution in [0.15, 0.2) is 23.1 Å². The molecule has 28 heavy (non-hydrogen) atoms. The highest BCUT2D eigenvalue weighted by Crippen LogP contribution is 2.20. The lowest BCUT2D eigenvalue weighted by molar-refractivity contribution is -0.134. The average Bonchev–Trinajstić information content (AvgIpc) is 2.63. The molecule has 1 fully saturated rings. The Morgan fingerprint density at radius 1 is 1.14 bits per heavy atom. The molecule has 1 heterocycles. The van der Waals surface area contributed by atoms with Gasteiger partial charge in [0.1, 0.15) is 0 Å². The smallest absolute Gasteiger partial charge is 0.251 e. The highest BCUT2D eigenvalue weighted by atomic mass is 32.2. The van der Waals surface area contributed by atoms with Crippen molar-refractivity contribution >= 4 is 15.9 Å². The number of carbonyl (C=O) groups is 1. The number of benzene rings is 1. The molecular weight excluding hydrogens is 388 g/mol. The van der Waals surface area contributed by atoms with Gasteiger partial charge in [-0.15, -0.1) is 0 Å². The van der Waals surface area contributed by atoms with E-state index in [1.54, 1.807) is 23.1 Å². The Balaban J connectivity index is 1.97. The maximum absolute atomic E-state index is 12.8. The Labute approximate surface area is 166 Å². The van der Waals surface area contributed by atoms with Crippen LogP contribution in [0.2, 0.25) is 0 Å². The highest BCUT2D eigenvalue weighted by Gasteiger charge is 2.30. The summed E-state index contributed by atoms with van der Waals surface area (Å²) < 4.78 is 52.4. The van der Waals surface area contributed by atoms with Crippen LogP contribution in [0.4, 0.5) is 8.78 Å². The van der Waals surface area contributed by atoms with Crippen LogP contribution in [-0.4, -0.2) is 80.7 Å². The van der Waals surface area contributed by atoms with Crippen molar-refractivity contribution in [2.24, 2.45) is 0 Å². The molecule has 1 aromatic rings. The number of hydrogen-bond donors (Lipinski definition) is 0. The molecule has 9 heteroatoms. The molecule has 1 saturated heterocycles. The zero-order valence-electron chi connectivity index (χ0n) is 16.7. The first-order chi connectivity index (χ1) is 13.1. The number of alkyl halides is 2. The van der Waals surface area contributed by atoms with E-state index in [0.29, 0.717) is 13.0 Å². The minimum Gasteiger partial charge on any atom is -0.339 e. The van der Waals surface area contributed by atoms with Crippen molar-refractivity contribution in [2.45, 2.75) is 38.5 Å². The van der Waals surface area contributed by atoms with E-state index in [9.17, 15) is 22.0 Å². The predicted octanol–water partition coefficient (Wildman–Crippen LogP) is 2.11. The predicted molar refractivity (Wildman–Crippen MR) is 104 cm³/mol. The molecule has 1 aliphatic heterocycles. The number of halogens is 2. The zero-order chi connectivity index (χ0) is 20.9. The van der Waals surface area contributed by atoms with E-state index in [-0.39, 0.29) is 43.5 Å². The molecular formula is C19H29F2N3O3S. The largest absolute Gasteiger partial charge is 0.339 e. The number of piperazine rings is 1. The van der Waals surface area contributed by atoms with E-state index < -0.39 is 23.0 Å². The fraction of sp³-hybridized carbons (Fsp3) is 0.632. The lowest BCUT2D eigenvalue weighted by Crippen LogP contribution is -2.52. The Kier molecular flexibility index (Phi) is 7.91. The number of amides is 1. The second-order valence-electron chi connectivity index (χ2n) is 7.16. The van der Waals surface area contributed by atoms with Crippen LogP contribution in [0, 0.1) is 13.8 Å². The van der Waals surface area contributed by atoms with Crippen molar-refractivity contribution in [1.29, 1.82) is 0 Å². The summed E-state index contributed by atoms with van der Waals surface area (Å²) in [6, 6.07) is 5.05. The Morgan fingerprint density at radius 2 is 1.79 bits per heavy atom. The molecule has 6 nitrogen and oxygen atoms in total. The van der Waals surface area contributed by atoms with Crippen LogP contribution >= 0.6 is 0 Å². The van der Waals surface area contributed by atoms with Gasteiger partial charge in [0.15, 0.2) is 0 Å². The molecule has 1 aromatic carbocycles. The van der Waals surface area contributed by atoms with Crippen LogP contribution in [-0.2, 0) is 14.8 Å². The molecule has 0 aliphatic carbocycles. The first-order valence-corrected chi connectivity index (χ1v) is 10.9. The average molecular weight is 418 g/mol. The number of aryl methyl sites for hydroxylation is 2. The normalized spacial score (nSPS) is 16.2. The van der Waals surface area contributed by atoms with E-state index in [1.807, 2.05) is 20.8 Å². The van der Waals surface area contributed by atoms with Gasteiger partial charge in [0, 0.05) is 26.2 Å². The lowest BCUT2D eigenvalue weighted by atomic mass is 10.1. The fourth-order valence-electron chi connectivity index (χ4n) is 3.24. The molecule has 1 aliphatic rings. The Hall–Kier alpha value is -1.58. The van der Waals surface area contributed by atoms with Gasteiger partial charge in [-0.25, -0.2) is 17.2 Å². The molecule has 0 spiro atoms. The molecule has 0 atom stereocenters. The SMILES string of the molecule is CCCN(CC(=O)N1CCN(S(=O)(=O)c2ccc(C)c(C)c2)CC1)CC(F)F. The standard InChI is InChI=1S/C19H29F2N3O3S/c1-4-7-22(13-18(20)21)14-19(25)23-8-10-24(11-9-23)28(26,27)17-6-5-15(2)16(3)12-17/h5-6,12,18H,4,7-11,13-14H2,1-3H3.